The van der Waals surface area contributed by atoms with Gasteiger partial charge in [-0.2, -0.15) is 0 Å². The molecule has 0 aliphatic carbocycles. The van der Waals surface area contributed by atoms with Crippen molar-refractivity contribution in [2.24, 2.45) is 0 Å². The van der Waals surface area contributed by atoms with E-state index in [1.807, 2.05) is 29.0 Å². The van der Waals surface area contributed by atoms with Crippen molar-refractivity contribution in [3.05, 3.63) is 47.0 Å². The molecule has 0 aliphatic heterocycles. The van der Waals surface area contributed by atoms with Crippen molar-refractivity contribution < 1.29 is 0 Å². The van der Waals surface area contributed by atoms with Crippen molar-refractivity contribution in [2.45, 2.75) is 5.88 Å². The van der Waals surface area contributed by atoms with Gasteiger partial charge >= 0.3 is 0 Å². The predicted octanol–water partition coefficient (Wildman–Crippen LogP) is 3.37. The van der Waals surface area contributed by atoms with Crippen molar-refractivity contribution in [1.29, 1.82) is 0 Å². The molecule has 1 aromatic heterocycles. The number of imidazole rings is 1. The Morgan fingerprint density at radius 2 is 2.29 bits per heavy atom. The minimum atomic E-state index is 0.493. The quantitative estimate of drug-likeness (QED) is 0.766. The van der Waals surface area contributed by atoms with Crippen LogP contribution < -0.4 is 0 Å². The van der Waals surface area contributed by atoms with E-state index in [0.717, 1.165) is 15.7 Å². The third-order valence-electron chi connectivity index (χ3n) is 1.97. The average Bonchev–Trinajstić information content (AvgIpc) is 2.70. The maximum absolute atomic E-state index is 5.87. The highest BCUT2D eigenvalue weighted by Crippen LogP contribution is 2.21. The summed E-state index contributed by atoms with van der Waals surface area (Å²) in [5.74, 6) is 0.493. The van der Waals surface area contributed by atoms with Crippen molar-refractivity contribution in [3.63, 3.8) is 0 Å². The van der Waals surface area contributed by atoms with Crippen LogP contribution in [0.5, 0.6) is 0 Å². The molecule has 0 bridgehead atoms. The van der Waals surface area contributed by atoms with Crippen LogP contribution in [0.2, 0.25) is 0 Å². The van der Waals surface area contributed by atoms with Gasteiger partial charge < -0.3 is 4.57 Å². The molecule has 0 spiro atoms. The average molecular weight is 272 g/mol. The fourth-order valence-electron chi connectivity index (χ4n) is 1.31. The maximum atomic E-state index is 5.87. The molecule has 2 rings (SSSR count). The number of rotatable bonds is 2. The molecule has 0 unspecified atom stereocenters. The Kier molecular flexibility index (Phi) is 2.89. The summed E-state index contributed by atoms with van der Waals surface area (Å²) in [6.07, 6.45) is 5.42. The van der Waals surface area contributed by atoms with E-state index in [1.54, 1.807) is 12.5 Å². The summed E-state index contributed by atoms with van der Waals surface area (Å²) in [4.78, 5) is 4.00. The smallest absolute Gasteiger partial charge is 0.0991 e. The molecular weight excluding hydrogens is 263 g/mol. The molecule has 0 N–H and O–H groups in total. The fraction of sp³-hybridized carbons (Fsp3) is 0.100. The lowest BCUT2D eigenvalue weighted by molar-refractivity contribution is 1.03. The second-order valence-corrected chi connectivity index (χ2v) is 4.06. The maximum Gasteiger partial charge on any atom is 0.0991 e. The molecule has 4 heteroatoms. The van der Waals surface area contributed by atoms with Gasteiger partial charge in [-0.15, -0.1) is 11.6 Å². The number of halogens is 2. The zero-order chi connectivity index (χ0) is 9.97. The van der Waals surface area contributed by atoms with Crippen molar-refractivity contribution in [3.8, 4) is 5.69 Å². The third-order valence-corrected chi connectivity index (χ3v) is 2.75. The van der Waals surface area contributed by atoms with Gasteiger partial charge in [0.15, 0.2) is 0 Å². The summed E-state index contributed by atoms with van der Waals surface area (Å²) >= 11 is 9.28. The lowest BCUT2D eigenvalue weighted by Gasteiger charge is -2.07. The number of alkyl halides is 1. The highest BCUT2D eigenvalue weighted by Gasteiger charge is 2.03. The molecule has 0 atom stereocenters. The van der Waals surface area contributed by atoms with E-state index in [2.05, 4.69) is 20.9 Å². The standard InChI is InChI=1S/C10H8BrClN2/c11-9-1-2-10(8(5-9)6-12)14-4-3-13-7-14/h1-5,7H,6H2. The van der Waals surface area contributed by atoms with Crippen LogP contribution in [-0.2, 0) is 5.88 Å². The lowest BCUT2D eigenvalue weighted by Crippen LogP contribution is -1.95. The van der Waals surface area contributed by atoms with Gasteiger partial charge in [-0.05, 0) is 23.8 Å². The van der Waals surface area contributed by atoms with E-state index in [4.69, 9.17) is 11.6 Å². The van der Waals surface area contributed by atoms with Crippen LogP contribution in [0.1, 0.15) is 5.56 Å². The van der Waals surface area contributed by atoms with E-state index in [9.17, 15) is 0 Å². The molecule has 0 saturated heterocycles. The van der Waals surface area contributed by atoms with Crippen LogP contribution >= 0.6 is 27.5 Å². The summed E-state index contributed by atoms with van der Waals surface area (Å²) in [6, 6.07) is 6.02. The Morgan fingerprint density at radius 1 is 1.43 bits per heavy atom. The minimum absolute atomic E-state index is 0.493. The first kappa shape index (κ1) is 9.74. The van der Waals surface area contributed by atoms with Gasteiger partial charge in [0.25, 0.3) is 0 Å². The zero-order valence-electron chi connectivity index (χ0n) is 7.32. The summed E-state index contributed by atoms with van der Waals surface area (Å²) < 4.78 is 2.99. The third kappa shape index (κ3) is 1.83. The first-order chi connectivity index (χ1) is 6.81. The Morgan fingerprint density at radius 3 is 2.93 bits per heavy atom. The van der Waals surface area contributed by atoms with Crippen LogP contribution in [0, 0.1) is 0 Å². The van der Waals surface area contributed by atoms with Crippen LogP contribution in [0.3, 0.4) is 0 Å². The monoisotopic (exact) mass is 270 g/mol. The van der Waals surface area contributed by atoms with Crippen LogP contribution in [0.15, 0.2) is 41.4 Å². The van der Waals surface area contributed by atoms with Crippen LogP contribution in [0.4, 0.5) is 0 Å². The number of hydrogen-bond donors (Lipinski definition) is 0. The molecule has 0 radical (unpaired) electrons. The zero-order valence-corrected chi connectivity index (χ0v) is 9.66. The van der Waals surface area contributed by atoms with Gasteiger partial charge in [0, 0.05) is 22.7 Å². The molecule has 1 heterocycles. The van der Waals surface area contributed by atoms with Gasteiger partial charge in [-0.25, -0.2) is 4.98 Å². The van der Waals surface area contributed by atoms with E-state index >= 15 is 0 Å². The molecule has 2 aromatic rings. The molecule has 0 fully saturated rings. The Labute approximate surface area is 95.7 Å². The summed E-state index contributed by atoms with van der Waals surface area (Å²) in [7, 11) is 0. The number of benzene rings is 1. The molecule has 1 aromatic carbocycles. The Bertz CT molecular complexity index is 426. The van der Waals surface area contributed by atoms with Gasteiger partial charge in [0.05, 0.1) is 12.0 Å². The largest absolute Gasteiger partial charge is 0.306 e. The molecule has 14 heavy (non-hydrogen) atoms. The van der Waals surface area contributed by atoms with Gasteiger partial charge in [0.2, 0.25) is 0 Å². The fourth-order valence-corrected chi connectivity index (χ4v) is 1.94. The summed E-state index contributed by atoms with van der Waals surface area (Å²) in [6.45, 7) is 0. The van der Waals surface area contributed by atoms with Crippen LogP contribution in [-0.4, -0.2) is 9.55 Å². The molecule has 0 amide bonds. The van der Waals surface area contributed by atoms with E-state index < -0.39 is 0 Å². The molecule has 72 valence electrons. The first-order valence-electron chi connectivity index (χ1n) is 4.14. The highest BCUT2D eigenvalue weighted by atomic mass is 79.9. The SMILES string of the molecule is ClCc1cc(Br)ccc1-n1ccnc1. The van der Waals surface area contributed by atoms with Crippen molar-refractivity contribution in [2.75, 3.05) is 0 Å². The molecule has 0 aliphatic rings. The number of nitrogens with zero attached hydrogens (tertiary/aromatic N) is 2. The number of hydrogen-bond acceptors (Lipinski definition) is 1. The Balaban J connectivity index is 2.53. The summed E-state index contributed by atoms with van der Waals surface area (Å²) in [5.41, 5.74) is 2.15. The normalized spacial score (nSPS) is 10.4. The predicted molar refractivity (Wildman–Crippen MR) is 60.8 cm³/mol. The van der Waals surface area contributed by atoms with E-state index in [0.29, 0.717) is 5.88 Å². The van der Waals surface area contributed by atoms with E-state index in [1.165, 1.54) is 0 Å². The number of aromatic nitrogens is 2. The molecule has 0 saturated carbocycles. The second-order valence-electron chi connectivity index (χ2n) is 2.88. The minimum Gasteiger partial charge on any atom is -0.306 e. The molecular formula is C10H8BrClN2. The summed E-state index contributed by atoms with van der Waals surface area (Å²) in [5, 5.41) is 0. The van der Waals surface area contributed by atoms with Gasteiger partial charge in [-0.1, -0.05) is 15.9 Å². The second kappa shape index (κ2) is 4.15. The van der Waals surface area contributed by atoms with Crippen molar-refractivity contribution >= 4 is 27.5 Å². The lowest BCUT2D eigenvalue weighted by atomic mass is 10.2. The van der Waals surface area contributed by atoms with Crippen LogP contribution in [0.25, 0.3) is 5.69 Å². The highest BCUT2D eigenvalue weighted by molar-refractivity contribution is 9.10. The molecule has 2 nitrogen and oxygen atoms in total. The van der Waals surface area contributed by atoms with E-state index in [-0.39, 0.29) is 0 Å². The van der Waals surface area contributed by atoms with Crippen molar-refractivity contribution in [1.82, 2.24) is 9.55 Å². The Hall–Kier alpha value is -0.800. The van der Waals surface area contributed by atoms with Gasteiger partial charge in [0.1, 0.15) is 0 Å². The first-order valence-corrected chi connectivity index (χ1v) is 5.47. The van der Waals surface area contributed by atoms with Gasteiger partial charge in [-0.3, -0.25) is 0 Å². The topological polar surface area (TPSA) is 17.8 Å².